The molecule has 1 heterocycles. The molecule has 0 saturated heterocycles. The fraction of sp³-hybridized carbons (Fsp3) is 0.111. The lowest BCUT2D eigenvalue weighted by molar-refractivity contribution is 0.0946. The molecule has 3 rings (SSSR count). The van der Waals surface area contributed by atoms with E-state index in [-0.39, 0.29) is 17.3 Å². The number of amides is 1. The normalized spacial score (nSPS) is 11.2. The van der Waals surface area contributed by atoms with E-state index in [2.05, 4.69) is 15.5 Å². The van der Waals surface area contributed by atoms with E-state index in [1.807, 2.05) is 24.3 Å². The van der Waals surface area contributed by atoms with Gasteiger partial charge >= 0.3 is 0 Å². The van der Waals surface area contributed by atoms with E-state index in [0.717, 1.165) is 11.1 Å². The van der Waals surface area contributed by atoms with Crippen molar-refractivity contribution in [3.63, 3.8) is 0 Å². The van der Waals surface area contributed by atoms with Gasteiger partial charge in [-0.2, -0.15) is 5.10 Å². The number of nitrogens with two attached hydrogens (primary N) is 1. The van der Waals surface area contributed by atoms with Crippen LogP contribution in [0.15, 0.2) is 59.5 Å². The largest absolute Gasteiger partial charge is 0.496 e. The summed E-state index contributed by atoms with van der Waals surface area (Å²) in [6.45, 7) is 0.229. The number of hydrogen-bond acceptors (Lipinski definition) is 5. The first-order valence-electron chi connectivity index (χ1n) is 7.97. The second-order valence-corrected chi connectivity index (χ2v) is 7.30. The molecule has 1 aromatic heterocycles. The average molecular weight is 386 g/mol. The number of aromatic nitrogens is 2. The van der Waals surface area contributed by atoms with Crippen molar-refractivity contribution in [3.8, 4) is 17.0 Å². The minimum Gasteiger partial charge on any atom is -0.496 e. The van der Waals surface area contributed by atoms with Gasteiger partial charge in [0.05, 0.1) is 17.7 Å². The van der Waals surface area contributed by atoms with Crippen LogP contribution in [-0.2, 0) is 16.6 Å². The molecule has 140 valence electrons. The molecule has 3 aromatic rings. The Bertz CT molecular complexity index is 1060. The SMILES string of the molecule is COc1ccccc1-c1cc(C(=O)NCc2ccc(S(N)(=O)=O)cc2)[nH]n1. The van der Waals surface area contributed by atoms with Crippen molar-refractivity contribution < 1.29 is 17.9 Å². The van der Waals surface area contributed by atoms with E-state index in [1.165, 1.54) is 12.1 Å². The van der Waals surface area contributed by atoms with Crippen LogP contribution in [0, 0.1) is 0 Å². The molecule has 0 atom stereocenters. The summed E-state index contributed by atoms with van der Waals surface area (Å²) in [4.78, 5) is 12.3. The summed E-state index contributed by atoms with van der Waals surface area (Å²) in [5.41, 5.74) is 2.40. The smallest absolute Gasteiger partial charge is 0.269 e. The molecule has 0 fully saturated rings. The zero-order chi connectivity index (χ0) is 19.4. The first-order valence-corrected chi connectivity index (χ1v) is 9.52. The van der Waals surface area contributed by atoms with Crippen LogP contribution in [0.5, 0.6) is 5.75 Å². The number of methoxy groups -OCH3 is 1. The molecule has 2 aromatic carbocycles. The minimum absolute atomic E-state index is 0.0209. The number of sulfonamides is 1. The molecular formula is C18H18N4O4S. The molecular weight excluding hydrogens is 368 g/mol. The number of H-pyrrole nitrogens is 1. The second kappa shape index (κ2) is 7.60. The molecule has 0 saturated carbocycles. The number of carbonyl (C=O) groups excluding carboxylic acids is 1. The Labute approximate surface area is 156 Å². The number of nitrogens with zero attached hydrogens (tertiary/aromatic N) is 1. The Kier molecular flexibility index (Phi) is 5.24. The third kappa shape index (κ3) is 4.33. The van der Waals surface area contributed by atoms with Gasteiger partial charge < -0.3 is 10.1 Å². The highest BCUT2D eigenvalue weighted by molar-refractivity contribution is 7.89. The molecule has 0 aliphatic rings. The predicted octanol–water partition coefficient (Wildman–Crippen LogP) is 1.66. The zero-order valence-corrected chi connectivity index (χ0v) is 15.3. The van der Waals surface area contributed by atoms with E-state index in [1.54, 1.807) is 25.3 Å². The van der Waals surface area contributed by atoms with Gasteiger partial charge in [-0.1, -0.05) is 24.3 Å². The molecule has 0 unspecified atom stereocenters. The van der Waals surface area contributed by atoms with E-state index in [4.69, 9.17) is 9.88 Å². The first-order chi connectivity index (χ1) is 12.9. The topological polar surface area (TPSA) is 127 Å². The van der Waals surface area contributed by atoms with Crippen molar-refractivity contribution >= 4 is 15.9 Å². The third-order valence-electron chi connectivity index (χ3n) is 3.91. The summed E-state index contributed by atoms with van der Waals surface area (Å²) < 4.78 is 27.8. The number of carbonyl (C=O) groups is 1. The monoisotopic (exact) mass is 386 g/mol. The van der Waals surface area contributed by atoms with Crippen molar-refractivity contribution in [2.24, 2.45) is 5.14 Å². The molecule has 4 N–H and O–H groups in total. The maximum atomic E-state index is 12.3. The van der Waals surface area contributed by atoms with Gasteiger partial charge in [0.15, 0.2) is 0 Å². The Hall–Kier alpha value is -3.17. The van der Waals surface area contributed by atoms with Crippen LogP contribution < -0.4 is 15.2 Å². The summed E-state index contributed by atoms with van der Waals surface area (Å²) in [6.07, 6.45) is 0. The van der Waals surface area contributed by atoms with Gasteiger partial charge in [-0.05, 0) is 35.9 Å². The van der Waals surface area contributed by atoms with E-state index in [9.17, 15) is 13.2 Å². The molecule has 0 radical (unpaired) electrons. The Morgan fingerprint density at radius 2 is 1.89 bits per heavy atom. The van der Waals surface area contributed by atoms with Crippen LogP contribution in [0.2, 0.25) is 0 Å². The highest BCUT2D eigenvalue weighted by Crippen LogP contribution is 2.28. The number of para-hydroxylation sites is 1. The summed E-state index contributed by atoms with van der Waals surface area (Å²) in [6, 6.07) is 15.0. The number of ether oxygens (including phenoxy) is 1. The first kappa shape index (κ1) is 18.6. The predicted molar refractivity (Wildman–Crippen MR) is 99.6 cm³/mol. The van der Waals surface area contributed by atoms with Crippen molar-refractivity contribution in [1.82, 2.24) is 15.5 Å². The van der Waals surface area contributed by atoms with E-state index in [0.29, 0.717) is 17.1 Å². The van der Waals surface area contributed by atoms with Crippen molar-refractivity contribution in [3.05, 3.63) is 65.9 Å². The van der Waals surface area contributed by atoms with Gasteiger partial charge in [0, 0.05) is 12.1 Å². The summed E-state index contributed by atoms with van der Waals surface area (Å²) in [5.74, 6) is 0.324. The van der Waals surface area contributed by atoms with Gasteiger partial charge in [0.2, 0.25) is 10.0 Å². The summed E-state index contributed by atoms with van der Waals surface area (Å²) >= 11 is 0. The van der Waals surface area contributed by atoms with Gasteiger partial charge in [0.1, 0.15) is 11.4 Å². The lowest BCUT2D eigenvalue weighted by atomic mass is 10.1. The number of benzene rings is 2. The van der Waals surface area contributed by atoms with Crippen LogP contribution in [-0.4, -0.2) is 31.6 Å². The average Bonchev–Trinajstić information content (AvgIpc) is 3.16. The van der Waals surface area contributed by atoms with Crippen LogP contribution in [0.25, 0.3) is 11.3 Å². The maximum absolute atomic E-state index is 12.3. The van der Waals surface area contributed by atoms with Gasteiger partial charge in [-0.25, -0.2) is 13.6 Å². The fourth-order valence-electron chi connectivity index (χ4n) is 2.51. The molecule has 9 heteroatoms. The number of nitrogens with one attached hydrogen (secondary N) is 2. The third-order valence-corrected chi connectivity index (χ3v) is 4.84. The quantitative estimate of drug-likeness (QED) is 0.594. The Morgan fingerprint density at radius 1 is 1.19 bits per heavy atom. The highest BCUT2D eigenvalue weighted by Gasteiger charge is 2.13. The number of hydrogen-bond donors (Lipinski definition) is 3. The fourth-order valence-corrected chi connectivity index (χ4v) is 3.02. The second-order valence-electron chi connectivity index (χ2n) is 5.74. The molecule has 0 aliphatic heterocycles. The minimum atomic E-state index is -3.73. The molecule has 8 nitrogen and oxygen atoms in total. The number of primary sulfonamides is 1. The van der Waals surface area contributed by atoms with Crippen molar-refractivity contribution in [2.75, 3.05) is 7.11 Å². The zero-order valence-electron chi connectivity index (χ0n) is 14.5. The van der Waals surface area contributed by atoms with Crippen molar-refractivity contribution in [1.29, 1.82) is 0 Å². The molecule has 1 amide bonds. The van der Waals surface area contributed by atoms with Crippen LogP contribution in [0.1, 0.15) is 16.1 Å². The van der Waals surface area contributed by atoms with Gasteiger partial charge in [0.25, 0.3) is 5.91 Å². The Balaban J connectivity index is 1.68. The summed E-state index contributed by atoms with van der Waals surface area (Å²) in [5, 5.41) is 14.7. The van der Waals surface area contributed by atoms with E-state index < -0.39 is 10.0 Å². The Morgan fingerprint density at radius 3 is 2.56 bits per heavy atom. The molecule has 0 bridgehead atoms. The lowest BCUT2D eigenvalue weighted by Crippen LogP contribution is -2.23. The van der Waals surface area contributed by atoms with Gasteiger partial charge in [-0.15, -0.1) is 0 Å². The van der Waals surface area contributed by atoms with Crippen LogP contribution >= 0.6 is 0 Å². The maximum Gasteiger partial charge on any atom is 0.269 e. The molecule has 27 heavy (non-hydrogen) atoms. The molecule has 0 aliphatic carbocycles. The highest BCUT2D eigenvalue weighted by atomic mass is 32.2. The molecule has 0 spiro atoms. The van der Waals surface area contributed by atoms with Gasteiger partial charge in [-0.3, -0.25) is 9.89 Å². The van der Waals surface area contributed by atoms with E-state index >= 15 is 0 Å². The van der Waals surface area contributed by atoms with Crippen LogP contribution in [0.3, 0.4) is 0 Å². The number of rotatable bonds is 6. The van der Waals surface area contributed by atoms with Crippen molar-refractivity contribution in [2.45, 2.75) is 11.4 Å². The summed E-state index contributed by atoms with van der Waals surface area (Å²) in [7, 11) is -2.16. The van der Waals surface area contributed by atoms with Crippen LogP contribution in [0.4, 0.5) is 0 Å². The number of aromatic amines is 1. The standard InChI is InChI=1S/C18H18N4O4S/c1-26-17-5-3-2-4-14(17)15-10-16(22-21-15)18(23)20-11-12-6-8-13(9-7-12)27(19,24)25/h2-10H,11H2,1H3,(H,20,23)(H,21,22)(H2,19,24,25). The lowest BCUT2D eigenvalue weighted by Gasteiger charge is -2.05.